The zero-order valence-electron chi connectivity index (χ0n) is 9.85. The van der Waals surface area contributed by atoms with Crippen LogP contribution in [-0.2, 0) is 10.0 Å². The van der Waals surface area contributed by atoms with Crippen LogP contribution in [-0.4, -0.2) is 19.4 Å². The Kier molecular flexibility index (Phi) is 3.76. The van der Waals surface area contributed by atoms with Crippen LogP contribution in [0.1, 0.15) is 19.8 Å². The number of rotatable bonds is 5. The van der Waals surface area contributed by atoms with E-state index in [0.717, 1.165) is 12.8 Å². The van der Waals surface area contributed by atoms with Crippen LogP contribution < -0.4 is 16.0 Å². The Balaban J connectivity index is 2.20. The summed E-state index contributed by atoms with van der Waals surface area (Å²) in [4.78, 5) is 3.88. The lowest BCUT2D eigenvalue weighted by Crippen LogP contribution is -2.34. The first-order valence-corrected chi connectivity index (χ1v) is 7.44. The molecule has 8 heteroatoms. The maximum absolute atomic E-state index is 12.1. The van der Waals surface area contributed by atoms with E-state index in [-0.39, 0.29) is 21.8 Å². The Bertz CT molecular complexity index is 545. The topological polar surface area (TPSA) is 97.1 Å². The molecule has 2 rings (SSSR count). The number of hydrogen-bond acceptors (Lipinski definition) is 5. The van der Waals surface area contributed by atoms with E-state index in [1.807, 2.05) is 6.92 Å². The van der Waals surface area contributed by atoms with Gasteiger partial charge >= 0.3 is 0 Å². The Labute approximate surface area is 111 Å². The number of nitrogen functional groups attached to an aromatic ring is 1. The summed E-state index contributed by atoms with van der Waals surface area (Å²) in [5.41, 5.74) is 2.28. The van der Waals surface area contributed by atoms with E-state index in [1.165, 1.54) is 12.3 Å². The predicted molar refractivity (Wildman–Crippen MR) is 69.6 cm³/mol. The highest BCUT2D eigenvalue weighted by atomic mass is 35.5. The third-order valence-electron chi connectivity index (χ3n) is 2.93. The van der Waals surface area contributed by atoms with Crippen molar-refractivity contribution in [2.45, 2.75) is 30.7 Å². The lowest BCUT2D eigenvalue weighted by molar-refractivity contribution is 0.538. The van der Waals surface area contributed by atoms with Crippen LogP contribution in [0.25, 0.3) is 0 Å². The molecule has 100 valence electrons. The largest absolute Gasteiger partial charge is 0.307 e. The molecular formula is C10H15ClN4O2S. The van der Waals surface area contributed by atoms with Gasteiger partial charge in [0.05, 0.1) is 5.02 Å². The molecule has 1 atom stereocenters. The highest BCUT2D eigenvalue weighted by molar-refractivity contribution is 7.89. The Morgan fingerprint density at radius 1 is 1.56 bits per heavy atom. The van der Waals surface area contributed by atoms with Crippen LogP contribution in [0, 0.1) is 5.92 Å². The quantitative estimate of drug-likeness (QED) is 0.557. The third-order valence-corrected chi connectivity index (χ3v) is 4.75. The average Bonchev–Trinajstić information content (AvgIpc) is 3.12. The SMILES string of the molecule is CC(NS(=O)(=O)c1cnc(NN)c(Cl)c1)C1CC1. The molecule has 0 radical (unpaired) electrons. The van der Waals surface area contributed by atoms with Gasteiger partial charge in [-0.25, -0.2) is 24.0 Å². The summed E-state index contributed by atoms with van der Waals surface area (Å²) in [6.07, 6.45) is 3.36. The highest BCUT2D eigenvalue weighted by Gasteiger charge is 2.31. The molecule has 1 fully saturated rings. The number of nitrogens with two attached hydrogens (primary N) is 1. The highest BCUT2D eigenvalue weighted by Crippen LogP contribution is 2.33. The molecular weight excluding hydrogens is 276 g/mol. The molecule has 0 aromatic carbocycles. The molecule has 1 aromatic rings. The second-order valence-electron chi connectivity index (χ2n) is 4.39. The molecule has 1 heterocycles. The standard InChI is InChI=1S/C10H15ClN4O2S/c1-6(7-2-3-7)15-18(16,17)8-4-9(11)10(14-12)13-5-8/h4-7,15H,2-3,12H2,1H3,(H,13,14). The van der Waals surface area contributed by atoms with E-state index in [9.17, 15) is 8.42 Å². The molecule has 1 aliphatic carbocycles. The average molecular weight is 291 g/mol. The van der Waals surface area contributed by atoms with E-state index in [0.29, 0.717) is 5.92 Å². The summed E-state index contributed by atoms with van der Waals surface area (Å²) in [7, 11) is -3.58. The summed E-state index contributed by atoms with van der Waals surface area (Å²) in [6.45, 7) is 1.86. The zero-order chi connectivity index (χ0) is 13.3. The number of aromatic nitrogens is 1. The van der Waals surface area contributed by atoms with Gasteiger partial charge in [0.1, 0.15) is 4.90 Å². The van der Waals surface area contributed by atoms with Gasteiger partial charge in [0.25, 0.3) is 0 Å². The smallest absolute Gasteiger partial charge is 0.242 e. The fourth-order valence-electron chi connectivity index (χ4n) is 1.68. The number of nitrogens with one attached hydrogen (secondary N) is 2. The van der Waals surface area contributed by atoms with Crippen LogP contribution in [0.4, 0.5) is 5.82 Å². The minimum Gasteiger partial charge on any atom is -0.307 e. The maximum atomic E-state index is 12.1. The fourth-order valence-corrected chi connectivity index (χ4v) is 3.25. The molecule has 0 saturated heterocycles. The first-order valence-electron chi connectivity index (χ1n) is 5.58. The fraction of sp³-hybridized carbons (Fsp3) is 0.500. The number of hydrazine groups is 1. The van der Waals surface area contributed by atoms with E-state index in [2.05, 4.69) is 15.1 Å². The predicted octanol–water partition coefficient (Wildman–Crippen LogP) is 1.10. The molecule has 18 heavy (non-hydrogen) atoms. The van der Waals surface area contributed by atoms with Crippen molar-refractivity contribution in [2.75, 3.05) is 5.43 Å². The lowest BCUT2D eigenvalue weighted by Gasteiger charge is -2.13. The normalized spacial score (nSPS) is 17.5. The molecule has 4 N–H and O–H groups in total. The van der Waals surface area contributed by atoms with Gasteiger partial charge in [-0.05, 0) is 31.7 Å². The van der Waals surface area contributed by atoms with Crippen LogP contribution >= 0.6 is 11.6 Å². The minimum atomic E-state index is -3.58. The molecule has 1 aliphatic rings. The number of halogens is 1. The molecule has 1 saturated carbocycles. The second-order valence-corrected chi connectivity index (χ2v) is 6.51. The van der Waals surface area contributed by atoms with E-state index in [4.69, 9.17) is 17.4 Å². The van der Waals surface area contributed by atoms with Gasteiger partial charge in [-0.15, -0.1) is 0 Å². The summed E-state index contributed by atoms with van der Waals surface area (Å²) < 4.78 is 26.8. The van der Waals surface area contributed by atoms with Gasteiger partial charge in [0, 0.05) is 12.2 Å². The van der Waals surface area contributed by atoms with Crippen LogP contribution in [0.2, 0.25) is 5.02 Å². The number of hydrogen-bond donors (Lipinski definition) is 3. The molecule has 0 amide bonds. The van der Waals surface area contributed by atoms with Crippen molar-refractivity contribution < 1.29 is 8.42 Å². The second kappa shape index (κ2) is 5.00. The van der Waals surface area contributed by atoms with Crippen LogP contribution in [0.5, 0.6) is 0 Å². The van der Waals surface area contributed by atoms with Crippen molar-refractivity contribution in [1.29, 1.82) is 0 Å². The summed E-state index contributed by atoms with van der Waals surface area (Å²) in [5.74, 6) is 5.86. The molecule has 0 aliphatic heterocycles. The summed E-state index contributed by atoms with van der Waals surface area (Å²) >= 11 is 5.85. The van der Waals surface area contributed by atoms with Gasteiger partial charge < -0.3 is 5.43 Å². The monoisotopic (exact) mass is 290 g/mol. The van der Waals surface area contributed by atoms with E-state index >= 15 is 0 Å². The molecule has 0 bridgehead atoms. The summed E-state index contributed by atoms with van der Waals surface area (Å²) in [5, 5.41) is 0.166. The molecule has 1 unspecified atom stereocenters. The first kappa shape index (κ1) is 13.5. The van der Waals surface area contributed by atoms with Crippen molar-refractivity contribution in [1.82, 2.24) is 9.71 Å². The van der Waals surface area contributed by atoms with Gasteiger partial charge in [0.15, 0.2) is 5.82 Å². The molecule has 1 aromatic heterocycles. The Hall–Kier alpha value is -0.890. The maximum Gasteiger partial charge on any atom is 0.242 e. The van der Waals surface area contributed by atoms with Crippen molar-refractivity contribution in [3.05, 3.63) is 17.3 Å². The lowest BCUT2D eigenvalue weighted by atomic mass is 10.2. The van der Waals surface area contributed by atoms with Crippen LogP contribution in [0.3, 0.4) is 0 Å². The summed E-state index contributed by atoms with van der Waals surface area (Å²) in [6, 6.07) is 1.26. The zero-order valence-corrected chi connectivity index (χ0v) is 11.4. The Morgan fingerprint density at radius 3 is 2.72 bits per heavy atom. The third kappa shape index (κ3) is 2.92. The van der Waals surface area contributed by atoms with Crippen molar-refractivity contribution in [2.24, 2.45) is 11.8 Å². The van der Waals surface area contributed by atoms with Gasteiger partial charge in [-0.3, -0.25) is 0 Å². The van der Waals surface area contributed by atoms with Crippen molar-refractivity contribution >= 4 is 27.4 Å². The number of sulfonamides is 1. The number of nitrogens with zero attached hydrogens (tertiary/aromatic N) is 1. The molecule has 0 spiro atoms. The van der Waals surface area contributed by atoms with Gasteiger partial charge in [0.2, 0.25) is 10.0 Å². The Morgan fingerprint density at radius 2 is 2.22 bits per heavy atom. The number of anilines is 1. The van der Waals surface area contributed by atoms with E-state index in [1.54, 1.807) is 0 Å². The van der Waals surface area contributed by atoms with Crippen LogP contribution in [0.15, 0.2) is 17.2 Å². The van der Waals surface area contributed by atoms with Gasteiger partial charge in [-0.1, -0.05) is 11.6 Å². The number of pyridine rings is 1. The first-order chi connectivity index (χ1) is 8.44. The van der Waals surface area contributed by atoms with Crippen molar-refractivity contribution in [3.63, 3.8) is 0 Å². The molecule has 6 nitrogen and oxygen atoms in total. The van der Waals surface area contributed by atoms with Crippen molar-refractivity contribution in [3.8, 4) is 0 Å². The van der Waals surface area contributed by atoms with Gasteiger partial charge in [-0.2, -0.15) is 0 Å². The minimum absolute atomic E-state index is 0.0407. The van der Waals surface area contributed by atoms with E-state index < -0.39 is 10.0 Å².